The second-order valence-electron chi connectivity index (χ2n) is 6.92. The topological polar surface area (TPSA) is 78.8 Å². The van der Waals surface area contributed by atoms with Gasteiger partial charge in [-0.25, -0.2) is 0 Å². The van der Waals surface area contributed by atoms with Gasteiger partial charge in [0, 0.05) is 10.6 Å². The molecule has 1 N–H and O–H groups in total. The summed E-state index contributed by atoms with van der Waals surface area (Å²) in [5, 5.41) is 9.01. The molecular formula is C20H14ClN3O3. The molecule has 7 heteroatoms. The van der Waals surface area contributed by atoms with Crippen molar-refractivity contribution in [3.05, 3.63) is 70.2 Å². The molecule has 27 heavy (non-hydrogen) atoms. The number of ketones is 1. The molecule has 2 aromatic rings. The monoisotopic (exact) mass is 379 g/mol. The molecule has 0 bridgehead atoms. The first-order valence-corrected chi connectivity index (χ1v) is 9.00. The number of carbonyl (C=O) groups excluding carboxylic acids is 3. The first-order valence-electron chi connectivity index (χ1n) is 8.62. The van der Waals surface area contributed by atoms with Crippen molar-refractivity contribution in [2.75, 3.05) is 0 Å². The van der Waals surface area contributed by atoms with Gasteiger partial charge in [-0.2, -0.15) is 5.10 Å². The van der Waals surface area contributed by atoms with Crippen molar-refractivity contribution >= 4 is 35.4 Å². The highest BCUT2D eigenvalue weighted by molar-refractivity contribution is 6.30. The van der Waals surface area contributed by atoms with E-state index < -0.39 is 29.8 Å². The first-order chi connectivity index (χ1) is 13.1. The lowest BCUT2D eigenvalue weighted by atomic mass is 9.83. The molecule has 0 aromatic heterocycles. The van der Waals surface area contributed by atoms with Crippen LogP contribution in [0.2, 0.25) is 5.02 Å². The Morgan fingerprint density at radius 2 is 1.70 bits per heavy atom. The fourth-order valence-corrected chi connectivity index (χ4v) is 4.50. The van der Waals surface area contributed by atoms with Gasteiger partial charge in [-0.3, -0.25) is 24.7 Å². The molecule has 134 valence electrons. The van der Waals surface area contributed by atoms with Gasteiger partial charge < -0.3 is 0 Å². The molecule has 5 rings (SSSR count). The number of hydrazone groups is 1. The number of Topliss-reactive ketones (excluding diaryl/α,β-unsaturated/α-hetero) is 1. The molecule has 3 heterocycles. The highest BCUT2D eigenvalue weighted by atomic mass is 35.5. The highest BCUT2D eigenvalue weighted by Gasteiger charge is 2.62. The zero-order chi connectivity index (χ0) is 18.7. The van der Waals surface area contributed by atoms with E-state index in [1.807, 2.05) is 24.3 Å². The Bertz CT molecular complexity index is 1020. The molecular weight excluding hydrogens is 366 g/mol. The molecule has 4 unspecified atom stereocenters. The molecule has 0 radical (unpaired) electrons. The zero-order valence-electron chi connectivity index (χ0n) is 14.0. The van der Waals surface area contributed by atoms with Crippen LogP contribution in [0.3, 0.4) is 0 Å². The number of benzene rings is 2. The molecule has 6 nitrogen and oxygen atoms in total. The molecule has 0 spiro atoms. The number of hydrogen-bond donors (Lipinski definition) is 1. The van der Waals surface area contributed by atoms with Crippen LogP contribution in [0.25, 0.3) is 0 Å². The third kappa shape index (κ3) is 2.26. The van der Waals surface area contributed by atoms with Gasteiger partial charge in [0.2, 0.25) is 11.8 Å². The Hall–Kier alpha value is -2.99. The number of fused-ring (bicyclic) bond motifs is 5. The quantitative estimate of drug-likeness (QED) is 0.640. The Morgan fingerprint density at radius 3 is 2.48 bits per heavy atom. The molecule has 2 saturated heterocycles. The van der Waals surface area contributed by atoms with Gasteiger partial charge in [0.15, 0.2) is 5.78 Å². The first kappa shape index (κ1) is 16.2. The van der Waals surface area contributed by atoms with Crippen molar-refractivity contribution in [2.45, 2.75) is 12.1 Å². The fraction of sp³-hybridized carbons (Fsp3) is 0.200. The molecule has 3 aliphatic heterocycles. The third-order valence-electron chi connectivity index (χ3n) is 5.53. The summed E-state index contributed by atoms with van der Waals surface area (Å²) in [5.41, 5.74) is 2.23. The van der Waals surface area contributed by atoms with Gasteiger partial charge >= 0.3 is 0 Å². The normalized spacial score (nSPS) is 27.8. The van der Waals surface area contributed by atoms with E-state index in [1.54, 1.807) is 35.5 Å². The second-order valence-corrected chi connectivity index (χ2v) is 7.36. The molecule has 2 fully saturated rings. The van der Waals surface area contributed by atoms with Gasteiger partial charge in [-0.05, 0) is 35.4 Å². The molecule has 2 aromatic carbocycles. The van der Waals surface area contributed by atoms with E-state index in [1.165, 1.54) is 0 Å². The Kier molecular flexibility index (Phi) is 3.45. The second kappa shape index (κ2) is 5.76. The van der Waals surface area contributed by atoms with E-state index >= 15 is 0 Å². The van der Waals surface area contributed by atoms with E-state index in [-0.39, 0.29) is 11.7 Å². The number of carbonyl (C=O) groups is 3. The van der Waals surface area contributed by atoms with Gasteiger partial charge in [-0.1, -0.05) is 35.9 Å². The standard InChI is InChI=1S/C20H14ClN3O3/c21-12-7-5-10(6-8-12)18(25)17-15-14(19(26)23-20(15)27)16-13-4-2-1-3-11(13)9-22-24(16)17/h1-9,14-17H,(H,23,26,27). The molecule has 4 atom stereocenters. The minimum atomic E-state index is -0.836. The largest absolute Gasteiger partial charge is 0.296 e. The van der Waals surface area contributed by atoms with Crippen LogP contribution in [0, 0.1) is 11.8 Å². The number of imide groups is 1. The Labute approximate surface area is 159 Å². The minimum absolute atomic E-state index is 0.245. The van der Waals surface area contributed by atoms with E-state index in [0.29, 0.717) is 10.6 Å². The lowest BCUT2D eigenvalue weighted by molar-refractivity contribution is -0.127. The SMILES string of the molecule is O=C1NC(=O)C2C1C(C(=O)c1ccc(Cl)cc1)N1N=Cc3ccccc3C21. The van der Waals surface area contributed by atoms with Crippen molar-refractivity contribution in [1.29, 1.82) is 0 Å². The van der Waals surface area contributed by atoms with Crippen LogP contribution in [0.1, 0.15) is 27.5 Å². The van der Waals surface area contributed by atoms with E-state index in [0.717, 1.165) is 11.1 Å². The summed E-state index contributed by atoms with van der Waals surface area (Å²) in [5.74, 6) is -2.42. The predicted octanol–water partition coefficient (Wildman–Crippen LogP) is 2.18. The zero-order valence-corrected chi connectivity index (χ0v) is 14.8. The average molecular weight is 380 g/mol. The number of nitrogens with zero attached hydrogens (tertiary/aromatic N) is 2. The molecule has 2 amide bonds. The minimum Gasteiger partial charge on any atom is -0.296 e. The van der Waals surface area contributed by atoms with Crippen LogP contribution in [0.4, 0.5) is 0 Å². The van der Waals surface area contributed by atoms with Crippen LogP contribution in [-0.4, -0.2) is 34.9 Å². The van der Waals surface area contributed by atoms with Crippen LogP contribution in [-0.2, 0) is 9.59 Å². The number of hydrogen-bond acceptors (Lipinski definition) is 5. The van der Waals surface area contributed by atoms with Gasteiger partial charge in [0.25, 0.3) is 0 Å². The smallest absolute Gasteiger partial charge is 0.233 e. The summed E-state index contributed by atoms with van der Waals surface area (Å²) in [7, 11) is 0. The van der Waals surface area contributed by atoms with Crippen molar-refractivity contribution in [3.63, 3.8) is 0 Å². The van der Waals surface area contributed by atoms with Crippen molar-refractivity contribution in [1.82, 2.24) is 10.3 Å². The lowest BCUT2D eigenvalue weighted by Gasteiger charge is -2.32. The lowest BCUT2D eigenvalue weighted by Crippen LogP contribution is -2.43. The summed E-state index contributed by atoms with van der Waals surface area (Å²) >= 11 is 5.92. The summed E-state index contributed by atoms with van der Waals surface area (Å²) in [6, 6.07) is 12.8. The maximum Gasteiger partial charge on any atom is 0.233 e. The van der Waals surface area contributed by atoms with Crippen LogP contribution >= 0.6 is 11.6 Å². The maximum atomic E-state index is 13.3. The summed E-state index contributed by atoms with van der Waals surface area (Å²) in [4.78, 5) is 38.3. The highest BCUT2D eigenvalue weighted by Crippen LogP contribution is 2.50. The summed E-state index contributed by atoms with van der Waals surface area (Å²) < 4.78 is 0. The van der Waals surface area contributed by atoms with Gasteiger partial charge in [0.05, 0.1) is 24.1 Å². The summed E-state index contributed by atoms with van der Waals surface area (Å²) in [6.07, 6.45) is 1.68. The van der Waals surface area contributed by atoms with Crippen molar-refractivity contribution in [3.8, 4) is 0 Å². The van der Waals surface area contributed by atoms with Crippen LogP contribution in [0.5, 0.6) is 0 Å². The molecule has 3 aliphatic rings. The third-order valence-corrected chi connectivity index (χ3v) is 5.78. The van der Waals surface area contributed by atoms with Crippen molar-refractivity contribution < 1.29 is 14.4 Å². The van der Waals surface area contributed by atoms with E-state index in [9.17, 15) is 14.4 Å². The predicted molar refractivity (Wildman–Crippen MR) is 98.3 cm³/mol. The number of rotatable bonds is 2. The van der Waals surface area contributed by atoms with Crippen LogP contribution in [0.15, 0.2) is 53.6 Å². The Balaban J connectivity index is 1.64. The van der Waals surface area contributed by atoms with Gasteiger partial charge in [-0.15, -0.1) is 0 Å². The summed E-state index contributed by atoms with van der Waals surface area (Å²) in [6.45, 7) is 0. The Morgan fingerprint density at radius 1 is 1.00 bits per heavy atom. The van der Waals surface area contributed by atoms with E-state index in [2.05, 4.69) is 10.4 Å². The van der Waals surface area contributed by atoms with Crippen LogP contribution < -0.4 is 5.32 Å². The molecule has 0 saturated carbocycles. The van der Waals surface area contributed by atoms with Gasteiger partial charge in [0.1, 0.15) is 6.04 Å². The number of amides is 2. The fourth-order valence-electron chi connectivity index (χ4n) is 4.37. The maximum absolute atomic E-state index is 13.3. The molecule has 0 aliphatic carbocycles. The number of halogens is 1. The van der Waals surface area contributed by atoms with Crippen molar-refractivity contribution in [2.24, 2.45) is 16.9 Å². The average Bonchev–Trinajstić information content (AvgIpc) is 3.17. The van der Waals surface area contributed by atoms with E-state index in [4.69, 9.17) is 11.6 Å². The number of nitrogens with one attached hydrogen (secondary N) is 1.